The number of nitrogens with one attached hydrogen (secondary N) is 2. The second-order valence-corrected chi connectivity index (χ2v) is 6.81. The highest BCUT2D eigenvalue weighted by molar-refractivity contribution is 7.10. The number of thiophene rings is 1. The molecule has 1 amide bonds. The standard InChI is InChI=1S/C18H24N4O2S/c1-3-20-17(22-12-18(2,24)15-8-5-9-25-15)21-11-13-6-4-7-14(10-13)16(19)23/h4-10,24H,3,11-12H2,1-2H3,(H2,19,23)(H2,20,21,22). The van der Waals surface area contributed by atoms with Crippen molar-refractivity contribution in [2.24, 2.45) is 10.7 Å². The highest BCUT2D eigenvalue weighted by Crippen LogP contribution is 2.24. The van der Waals surface area contributed by atoms with Crippen LogP contribution < -0.4 is 16.4 Å². The van der Waals surface area contributed by atoms with Crippen LogP contribution in [0, 0.1) is 0 Å². The molecule has 2 rings (SSSR count). The minimum Gasteiger partial charge on any atom is -0.383 e. The smallest absolute Gasteiger partial charge is 0.248 e. The molecule has 25 heavy (non-hydrogen) atoms. The van der Waals surface area contributed by atoms with Crippen molar-refractivity contribution in [3.63, 3.8) is 0 Å². The van der Waals surface area contributed by atoms with Gasteiger partial charge in [0.15, 0.2) is 5.96 Å². The Bertz CT molecular complexity index is 726. The number of nitrogens with two attached hydrogens (primary N) is 1. The Morgan fingerprint density at radius 1 is 1.32 bits per heavy atom. The molecule has 1 atom stereocenters. The number of rotatable bonds is 7. The number of aliphatic imine (C=N–C) groups is 1. The van der Waals surface area contributed by atoms with Gasteiger partial charge in [0.05, 0.1) is 13.1 Å². The zero-order valence-corrected chi connectivity index (χ0v) is 15.3. The van der Waals surface area contributed by atoms with Gasteiger partial charge in [-0.05, 0) is 43.0 Å². The van der Waals surface area contributed by atoms with Crippen molar-refractivity contribution < 1.29 is 9.90 Å². The molecule has 1 heterocycles. The maximum absolute atomic E-state index is 11.3. The van der Waals surface area contributed by atoms with Gasteiger partial charge in [-0.25, -0.2) is 4.99 Å². The molecule has 0 radical (unpaired) electrons. The summed E-state index contributed by atoms with van der Waals surface area (Å²) < 4.78 is 0. The predicted octanol–water partition coefficient (Wildman–Crippen LogP) is 1.81. The van der Waals surface area contributed by atoms with Crippen LogP contribution in [0.5, 0.6) is 0 Å². The van der Waals surface area contributed by atoms with E-state index < -0.39 is 11.5 Å². The molecule has 0 aliphatic carbocycles. The second kappa shape index (κ2) is 8.64. The van der Waals surface area contributed by atoms with Crippen molar-refractivity contribution in [3.8, 4) is 0 Å². The van der Waals surface area contributed by atoms with Crippen LogP contribution in [0.4, 0.5) is 0 Å². The molecule has 0 aliphatic rings. The number of benzene rings is 1. The molecular formula is C18H24N4O2S. The van der Waals surface area contributed by atoms with Gasteiger partial charge in [0, 0.05) is 17.0 Å². The summed E-state index contributed by atoms with van der Waals surface area (Å²) in [5, 5.41) is 18.8. The first-order valence-electron chi connectivity index (χ1n) is 8.09. The Labute approximate surface area is 151 Å². The topological polar surface area (TPSA) is 99.7 Å². The van der Waals surface area contributed by atoms with Gasteiger partial charge in [-0.2, -0.15) is 0 Å². The summed E-state index contributed by atoms with van der Waals surface area (Å²) in [6.45, 7) is 5.18. The van der Waals surface area contributed by atoms with Crippen molar-refractivity contribution in [1.29, 1.82) is 0 Å². The molecule has 0 spiro atoms. The molecule has 0 saturated heterocycles. The SMILES string of the molecule is CCNC(=NCc1cccc(C(N)=O)c1)NCC(C)(O)c1cccs1. The monoisotopic (exact) mass is 360 g/mol. The van der Waals surface area contributed by atoms with E-state index in [2.05, 4.69) is 15.6 Å². The molecule has 134 valence electrons. The van der Waals surface area contributed by atoms with Crippen LogP contribution in [0.1, 0.15) is 34.6 Å². The Balaban J connectivity index is 2.03. The lowest BCUT2D eigenvalue weighted by Gasteiger charge is -2.23. The van der Waals surface area contributed by atoms with Crippen molar-refractivity contribution in [2.45, 2.75) is 26.0 Å². The summed E-state index contributed by atoms with van der Waals surface area (Å²) in [4.78, 5) is 16.7. The number of carbonyl (C=O) groups is 1. The zero-order chi connectivity index (χ0) is 18.3. The summed E-state index contributed by atoms with van der Waals surface area (Å²) in [6.07, 6.45) is 0. The van der Waals surface area contributed by atoms with E-state index in [1.807, 2.05) is 30.5 Å². The zero-order valence-electron chi connectivity index (χ0n) is 14.5. The number of hydrogen-bond acceptors (Lipinski definition) is 4. The lowest BCUT2D eigenvalue weighted by atomic mass is 10.1. The largest absolute Gasteiger partial charge is 0.383 e. The molecule has 7 heteroatoms. The van der Waals surface area contributed by atoms with Crippen molar-refractivity contribution >= 4 is 23.2 Å². The van der Waals surface area contributed by atoms with Gasteiger partial charge >= 0.3 is 0 Å². The summed E-state index contributed by atoms with van der Waals surface area (Å²) >= 11 is 1.52. The summed E-state index contributed by atoms with van der Waals surface area (Å²) in [5.74, 6) is 0.145. The first-order valence-corrected chi connectivity index (χ1v) is 8.97. The number of amides is 1. The van der Waals surface area contributed by atoms with E-state index in [-0.39, 0.29) is 0 Å². The van der Waals surface area contributed by atoms with Crippen molar-refractivity contribution in [1.82, 2.24) is 10.6 Å². The minimum absolute atomic E-state index is 0.334. The summed E-state index contributed by atoms with van der Waals surface area (Å²) in [5.41, 5.74) is 5.68. The van der Waals surface area contributed by atoms with E-state index in [1.54, 1.807) is 25.1 Å². The highest BCUT2D eigenvalue weighted by Gasteiger charge is 2.24. The van der Waals surface area contributed by atoms with E-state index >= 15 is 0 Å². The van der Waals surface area contributed by atoms with Gasteiger partial charge < -0.3 is 21.5 Å². The van der Waals surface area contributed by atoms with E-state index in [0.29, 0.717) is 31.2 Å². The molecule has 0 bridgehead atoms. The van der Waals surface area contributed by atoms with Gasteiger partial charge in [0.25, 0.3) is 0 Å². The van der Waals surface area contributed by atoms with Crippen molar-refractivity contribution in [2.75, 3.05) is 13.1 Å². The van der Waals surface area contributed by atoms with Gasteiger partial charge in [-0.3, -0.25) is 4.79 Å². The fraction of sp³-hybridized carbons (Fsp3) is 0.333. The number of nitrogens with zero attached hydrogens (tertiary/aromatic N) is 1. The fourth-order valence-corrected chi connectivity index (χ4v) is 3.05. The van der Waals surface area contributed by atoms with Crippen LogP contribution in [-0.2, 0) is 12.1 Å². The number of primary amides is 1. The van der Waals surface area contributed by atoms with E-state index in [0.717, 1.165) is 10.4 Å². The van der Waals surface area contributed by atoms with Crippen LogP contribution in [0.25, 0.3) is 0 Å². The maximum atomic E-state index is 11.3. The molecule has 6 nitrogen and oxygen atoms in total. The van der Waals surface area contributed by atoms with Crippen LogP contribution in [0.15, 0.2) is 46.8 Å². The van der Waals surface area contributed by atoms with Crippen LogP contribution in [-0.4, -0.2) is 30.1 Å². The number of hydrogen-bond donors (Lipinski definition) is 4. The van der Waals surface area contributed by atoms with E-state index in [1.165, 1.54) is 11.3 Å². The quantitative estimate of drug-likeness (QED) is 0.447. The molecule has 0 fully saturated rings. The van der Waals surface area contributed by atoms with Crippen LogP contribution >= 0.6 is 11.3 Å². The average molecular weight is 360 g/mol. The van der Waals surface area contributed by atoms with E-state index in [9.17, 15) is 9.90 Å². The lowest BCUT2D eigenvalue weighted by Crippen LogP contribution is -2.44. The fourth-order valence-electron chi connectivity index (χ4n) is 2.26. The summed E-state index contributed by atoms with van der Waals surface area (Å²) in [7, 11) is 0. The van der Waals surface area contributed by atoms with Crippen LogP contribution in [0.2, 0.25) is 0 Å². The third-order valence-corrected chi connectivity index (χ3v) is 4.75. The third kappa shape index (κ3) is 5.58. The number of carbonyl (C=O) groups excluding carboxylic acids is 1. The molecule has 1 aromatic carbocycles. The molecule has 0 aliphatic heterocycles. The van der Waals surface area contributed by atoms with Crippen LogP contribution in [0.3, 0.4) is 0 Å². The number of guanidine groups is 1. The number of aliphatic hydroxyl groups is 1. The Morgan fingerprint density at radius 2 is 2.12 bits per heavy atom. The molecule has 1 unspecified atom stereocenters. The van der Waals surface area contributed by atoms with Gasteiger partial charge in [-0.1, -0.05) is 18.2 Å². The highest BCUT2D eigenvalue weighted by atomic mass is 32.1. The first-order chi connectivity index (χ1) is 11.9. The average Bonchev–Trinajstić information content (AvgIpc) is 3.13. The molecule has 5 N–H and O–H groups in total. The van der Waals surface area contributed by atoms with E-state index in [4.69, 9.17) is 5.73 Å². The molecule has 2 aromatic rings. The Morgan fingerprint density at radius 3 is 2.76 bits per heavy atom. The summed E-state index contributed by atoms with van der Waals surface area (Å²) in [6, 6.07) is 10.9. The molecule has 0 saturated carbocycles. The third-order valence-electron chi connectivity index (χ3n) is 3.63. The second-order valence-electron chi connectivity index (χ2n) is 5.86. The van der Waals surface area contributed by atoms with Crippen molar-refractivity contribution in [3.05, 3.63) is 57.8 Å². The molecule has 1 aromatic heterocycles. The minimum atomic E-state index is -0.976. The predicted molar refractivity (Wildman–Crippen MR) is 102 cm³/mol. The lowest BCUT2D eigenvalue weighted by molar-refractivity contribution is 0.0655. The van der Waals surface area contributed by atoms with Gasteiger partial charge in [0.2, 0.25) is 5.91 Å². The Hall–Kier alpha value is -2.38. The Kier molecular flexibility index (Phi) is 6.55. The normalized spacial score (nSPS) is 14.0. The maximum Gasteiger partial charge on any atom is 0.248 e. The molecular weight excluding hydrogens is 336 g/mol. The van der Waals surface area contributed by atoms with Gasteiger partial charge in [0.1, 0.15) is 5.60 Å². The first kappa shape index (κ1) is 19.0. The van der Waals surface area contributed by atoms with Gasteiger partial charge in [-0.15, -0.1) is 11.3 Å².